The number of nitrogens with one attached hydrogen (secondary N) is 1. The van der Waals surface area contributed by atoms with Crippen molar-refractivity contribution in [1.82, 2.24) is 5.32 Å². The Morgan fingerprint density at radius 3 is 2.31 bits per heavy atom. The van der Waals surface area contributed by atoms with Crippen molar-refractivity contribution in [2.75, 3.05) is 0 Å². The van der Waals surface area contributed by atoms with Crippen LogP contribution in [0.3, 0.4) is 0 Å². The molecule has 6 heteroatoms. The number of hydrogen-bond acceptors (Lipinski definition) is 4. The van der Waals surface area contributed by atoms with Crippen LogP contribution in [-0.4, -0.2) is 33.4 Å². The summed E-state index contributed by atoms with van der Waals surface area (Å²) in [5.41, 5.74) is 3.17. The second kappa shape index (κ2) is 7.45. The largest absolute Gasteiger partial charge is 0.504 e. The molecule has 6 atom stereocenters. The summed E-state index contributed by atoms with van der Waals surface area (Å²) >= 11 is 0. The van der Waals surface area contributed by atoms with Crippen molar-refractivity contribution >= 4 is 17.7 Å². The van der Waals surface area contributed by atoms with Crippen molar-refractivity contribution in [2.45, 2.75) is 92.0 Å². The van der Waals surface area contributed by atoms with Gasteiger partial charge in [-0.25, -0.2) is 4.79 Å². The van der Waals surface area contributed by atoms with Gasteiger partial charge >= 0.3 is 11.9 Å². The predicted molar refractivity (Wildman–Crippen MR) is 137 cm³/mol. The van der Waals surface area contributed by atoms with Crippen LogP contribution in [0.15, 0.2) is 46.3 Å². The molecular weight excluding hydrogens is 454 g/mol. The standard InChI is InChI=1S/C30H39NO5/c1-17-18-7-8-21-28(4,19(18)15-20(32)23(17)33)12-14-30(6)22-16-27(3,31-24(34)25(35)36)11-9-26(22,2)10-13-29(21,30)5/h7-8,15,22,33H,9-14,16H2,1-6H3,(H,31,34)(H,35,36)/t22-,26-,27-,28+,29-,30+/m1/s1. The van der Waals surface area contributed by atoms with Gasteiger partial charge in [-0.2, -0.15) is 0 Å². The highest BCUT2D eigenvalue weighted by Gasteiger charge is 2.66. The van der Waals surface area contributed by atoms with Gasteiger partial charge in [-0.1, -0.05) is 45.4 Å². The lowest BCUT2D eigenvalue weighted by molar-refractivity contribution is -0.160. The number of hydrogen-bond donors (Lipinski definition) is 3. The molecule has 0 radical (unpaired) electrons. The number of rotatable bonds is 1. The lowest BCUT2D eigenvalue weighted by Gasteiger charge is -2.70. The van der Waals surface area contributed by atoms with Crippen LogP contribution in [0.5, 0.6) is 0 Å². The molecule has 5 aliphatic rings. The van der Waals surface area contributed by atoms with Crippen LogP contribution in [0.2, 0.25) is 0 Å². The molecule has 5 rings (SSSR count). The second-order valence-electron chi connectivity index (χ2n) is 13.4. The Bertz CT molecular complexity index is 1220. The van der Waals surface area contributed by atoms with E-state index in [9.17, 15) is 24.6 Å². The highest BCUT2D eigenvalue weighted by molar-refractivity contribution is 6.31. The minimum Gasteiger partial charge on any atom is -0.504 e. The van der Waals surface area contributed by atoms with Crippen LogP contribution >= 0.6 is 0 Å². The van der Waals surface area contributed by atoms with Crippen LogP contribution in [0, 0.1) is 27.6 Å². The first-order chi connectivity index (χ1) is 16.6. The quantitative estimate of drug-likeness (QED) is 0.415. The van der Waals surface area contributed by atoms with Gasteiger partial charge in [0.2, 0.25) is 5.78 Å². The van der Waals surface area contributed by atoms with E-state index in [0.29, 0.717) is 11.5 Å². The fourth-order valence-corrected chi connectivity index (χ4v) is 8.90. The van der Waals surface area contributed by atoms with Crippen molar-refractivity contribution in [3.63, 3.8) is 0 Å². The van der Waals surface area contributed by atoms with Gasteiger partial charge in [0.1, 0.15) is 0 Å². The van der Waals surface area contributed by atoms with Gasteiger partial charge in [0.25, 0.3) is 0 Å². The topological polar surface area (TPSA) is 104 Å². The molecule has 0 aromatic carbocycles. The molecule has 3 fully saturated rings. The minimum atomic E-state index is -1.43. The summed E-state index contributed by atoms with van der Waals surface area (Å²) in [4.78, 5) is 36.1. The van der Waals surface area contributed by atoms with E-state index in [1.54, 1.807) is 6.08 Å². The van der Waals surface area contributed by atoms with Crippen LogP contribution in [0.1, 0.15) is 86.5 Å². The highest BCUT2D eigenvalue weighted by Crippen LogP contribution is 2.75. The van der Waals surface area contributed by atoms with E-state index >= 15 is 0 Å². The van der Waals surface area contributed by atoms with Crippen molar-refractivity contribution in [3.8, 4) is 0 Å². The first kappa shape index (κ1) is 25.0. The molecule has 36 heavy (non-hydrogen) atoms. The molecule has 0 aliphatic heterocycles. The van der Waals surface area contributed by atoms with Crippen LogP contribution in [0.4, 0.5) is 0 Å². The van der Waals surface area contributed by atoms with Gasteiger partial charge in [-0.05, 0) is 98.2 Å². The van der Waals surface area contributed by atoms with Gasteiger partial charge in [-0.3, -0.25) is 9.59 Å². The summed E-state index contributed by atoms with van der Waals surface area (Å²) < 4.78 is 0. The van der Waals surface area contributed by atoms with E-state index in [-0.39, 0.29) is 33.2 Å². The lowest BCUT2D eigenvalue weighted by atomic mass is 9.35. The number of aliphatic hydroxyl groups excluding tert-OH is 1. The Hall–Kier alpha value is -2.63. The van der Waals surface area contributed by atoms with Gasteiger partial charge in [-0.15, -0.1) is 0 Å². The zero-order chi connectivity index (χ0) is 26.5. The first-order valence-electron chi connectivity index (χ1n) is 13.3. The van der Waals surface area contributed by atoms with Gasteiger partial charge in [0.15, 0.2) is 5.76 Å². The van der Waals surface area contributed by atoms with E-state index < -0.39 is 17.4 Å². The maximum absolute atomic E-state index is 12.6. The number of carbonyl (C=O) groups is 3. The van der Waals surface area contributed by atoms with Gasteiger partial charge in [0.05, 0.1) is 0 Å². The maximum Gasteiger partial charge on any atom is 0.394 e. The molecule has 0 spiro atoms. The maximum atomic E-state index is 12.6. The number of fused-ring (bicyclic) bond motifs is 7. The summed E-state index contributed by atoms with van der Waals surface area (Å²) in [6.45, 7) is 13.3. The number of carboxylic acids is 1. The molecule has 0 unspecified atom stereocenters. The molecule has 5 aliphatic carbocycles. The Morgan fingerprint density at radius 1 is 0.972 bits per heavy atom. The smallest absolute Gasteiger partial charge is 0.394 e. The molecule has 3 N–H and O–H groups in total. The van der Waals surface area contributed by atoms with Gasteiger partial charge in [0, 0.05) is 16.5 Å². The molecule has 1 amide bonds. The van der Waals surface area contributed by atoms with E-state index in [1.165, 1.54) is 5.57 Å². The van der Waals surface area contributed by atoms with Crippen LogP contribution < -0.4 is 5.32 Å². The molecule has 0 aromatic rings. The number of allylic oxidation sites excluding steroid dienone is 7. The molecule has 3 saturated carbocycles. The Kier molecular flexibility index (Phi) is 5.18. The molecule has 0 heterocycles. The van der Waals surface area contributed by atoms with Gasteiger partial charge < -0.3 is 15.5 Å². The molecule has 6 nitrogen and oxygen atoms in total. The summed E-state index contributed by atoms with van der Waals surface area (Å²) in [6, 6.07) is 0. The lowest BCUT2D eigenvalue weighted by Crippen LogP contribution is -2.64. The summed E-state index contributed by atoms with van der Waals surface area (Å²) in [5.74, 6) is -2.50. The van der Waals surface area contributed by atoms with E-state index in [1.807, 2.05) is 13.8 Å². The number of carbonyl (C=O) groups excluding carboxylic acids is 2. The SMILES string of the molecule is CC1=C(O)C(=O)C=C2C1=CC=C1[C@@]2(C)CC[C@@]2(C)[C@@H]3C[C@](C)(NC(=O)C(=O)O)CC[C@]3(C)CC[C@]12C. The zero-order valence-electron chi connectivity index (χ0n) is 22.4. The second-order valence-corrected chi connectivity index (χ2v) is 13.4. The number of aliphatic carboxylic acids is 1. The molecule has 0 bridgehead atoms. The summed E-state index contributed by atoms with van der Waals surface area (Å²) in [5, 5.41) is 22.4. The minimum absolute atomic E-state index is 0.0431. The van der Waals surface area contributed by atoms with Crippen molar-refractivity contribution in [2.24, 2.45) is 27.6 Å². The number of aliphatic hydroxyl groups is 1. The third-order valence-electron chi connectivity index (χ3n) is 11.5. The Morgan fingerprint density at radius 2 is 1.64 bits per heavy atom. The van der Waals surface area contributed by atoms with E-state index in [2.05, 4.69) is 45.2 Å². The molecule has 0 saturated heterocycles. The zero-order valence-corrected chi connectivity index (χ0v) is 22.4. The monoisotopic (exact) mass is 493 g/mol. The number of carboxylic acid groups (broad SMARTS) is 1. The number of amides is 1. The molecular formula is C30H39NO5. The Labute approximate surface area is 213 Å². The highest BCUT2D eigenvalue weighted by atomic mass is 16.4. The van der Waals surface area contributed by atoms with E-state index in [0.717, 1.165) is 56.1 Å². The number of ketones is 1. The first-order valence-corrected chi connectivity index (χ1v) is 13.3. The fourth-order valence-electron chi connectivity index (χ4n) is 8.90. The van der Waals surface area contributed by atoms with Crippen molar-refractivity contribution in [3.05, 3.63) is 46.3 Å². The summed E-state index contributed by atoms with van der Waals surface area (Å²) in [6.07, 6.45) is 12.5. The molecule has 0 aromatic heterocycles. The third-order valence-corrected chi connectivity index (χ3v) is 11.5. The fraction of sp³-hybridized carbons (Fsp3) is 0.633. The molecule has 194 valence electrons. The van der Waals surface area contributed by atoms with Crippen molar-refractivity contribution in [1.29, 1.82) is 0 Å². The Balaban J connectivity index is 1.58. The average molecular weight is 494 g/mol. The van der Waals surface area contributed by atoms with Crippen molar-refractivity contribution < 1.29 is 24.6 Å². The van der Waals surface area contributed by atoms with Crippen LogP contribution in [-0.2, 0) is 14.4 Å². The van der Waals surface area contributed by atoms with E-state index in [4.69, 9.17) is 0 Å². The predicted octanol–water partition coefficient (Wildman–Crippen LogP) is 5.57. The van der Waals surface area contributed by atoms with Crippen LogP contribution in [0.25, 0.3) is 0 Å². The normalized spacial score (nSPS) is 43.7. The summed E-state index contributed by atoms with van der Waals surface area (Å²) in [7, 11) is 0. The third kappa shape index (κ3) is 3.12. The average Bonchev–Trinajstić information content (AvgIpc) is 2.81.